The summed E-state index contributed by atoms with van der Waals surface area (Å²) in [6, 6.07) is 2.70. The van der Waals surface area contributed by atoms with E-state index in [1.165, 1.54) is 0 Å². The van der Waals surface area contributed by atoms with Crippen LogP contribution in [0.3, 0.4) is 0 Å². The van der Waals surface area contributed by atoms with Gasteiger partial charge in [0.1, 0.15) is 11.6 Å². The Labute approximate surface area is 100 Å². The summed E-state index contributed by atoms with van der Waals surface area (Å²) in [6.07, 6.45) is 4.90. The summed E-state index contributed by atoms with van der Waals surface area (Å²) in [5.41, 5.74) is 1.07. The molecule has 89 valence electrons. The highest BCUT2D eigenvalue weighted by Gasteiger charge is 2.54. The number of Topliss-reactive ketones (excluding diaryl/α,β-unsaturated/α-hetero) is 1. The normalized spacial score (nSPS) is 19.8. The number of allylic oxidation sites excluding steroid dienone is 2. The number of carbonyl (C=O) groups excluding carboxylic acids is 1. The minimum absolute atomic E-state index is 0. The van der Waals surface area contributed by atoms with Gasteiger partial charge < -0.3 is 5.11 Å². The quantitative estimate of drug-likeness (QED) is 0.871. The minimum atomic E-state index is -0.665. The van der Waals surface area contributed by atoms with Crippen LogP contribution < -0.4 is 0 Å². The number of ketones is 1. The number of halogens is 1. The summed E-state index contributed by atoms with van der Waals surface area (Å²) in [6.45, 7) is 1.71. The fourth-order valence-corrected chi connectivity index (χ4v) is 2.25. The summed E-state index contributed by atoms with van der Waals surface area (Å²) in [5.74, 6) is -0.534. The molecule has 1 aromatic rings. The second-order valence-electron chi connectivity index (χ2n) is 4.82. The third kappa shape index (κ3) is 1.49. The second-order valence-corrected chi connectivity index (χ2v) is 4.82. The van der Waals surface area contributed by atoms with Crippen LogP contribution in [0.15, 0.2) is 23.8 Å². The Hall–Kier alpha value is -1.64. The van der Waals surface area contributed by atoms with Crippen molar-refractivity contribution < 1.29 is 15.7 Å². The van der Waals surface area contributed by atoms with E-state index in [4.69, 9.17) is 0 Å². The molecule has 0 atom stereocenters. The van der Waals surface area contributed by atoms with Crippen molar-refractivity contribution in [3.63, 3.8) is 0 Å². The van der Waals surface area contributed by atoms with Gasteiger partial charge in [0.25, 0.3) is 0 Å². The van der Waals surface area contributed by atoms with Gasteiger partial charge in [-0.25, -0.2) is 4.39 Å². The Bertz CT molecular complexity index is 559. The average molecular weight is 233 g/mol. The summed E-state index contributed by atoms with van der Waals surface area (Å²) in [7, 11) is 0. The van der Waals surface area contributed by atoms with Gasteiger partial charge in [0.05, 0.1) is 5.41 Å². The summed E-state index contributed by atoms with van der Waals surface area (Å²) in [5, 5.41) is 9.43. The number of hydrogen-bond acceptors (Lipinski definition) is 2. The van der Waals surface area contributed by atoms with Gasteiger partial charge in [-0.05, 0) is 31.4 Å². The summed E-state index contributed by atoms with van der Waals surface area (Å²) < 4.78 is 13.9. The summed E-state index contributed by atoms with van der Waals surface area (Å²) >= 11 is 0. The average Bonchev–Trinajstić information content (AvgIpc) is 3.16. The van der Waals surface area contributed by atoms with Crippen LogP contribution in [0.2, 0.25) is 0 Å². The lowest BCUT2D eigenvalue weighted by molar-refractivity contribution is -0.117. The molecule has 17 heavy (non-hydrogen) atoms. The lowest BCUT2D eigenvalue weighted by Crippen LogP contribution is -2.21. The molecule has 1 saturated carbocycles. The van der Waals surface area contributed by atoms with Gasteiger partial charge in [0.2, 0.25) is 0 Å². The molecule has 0 unspecified atom stereocenters. The zero-order valence-corrected chi connectivity index (χ0v) is 9.46. The third-order valence-electron chi connectivity index (χ3n) is 3.58. The number of hydrogen-bond donors (Lipinski definition) is 1. The molecular weight excluding hydrogens is 219 g/mol. The monoisotopic (exact) mass is 233 g/mol. The van der Waals surface area contributed by atoms with E-state index in [1.54, 1.807) is 25.5 Å². The lowest BCUT2D eigenvalue weighted by atomic mass is 9.88. The molecule has 1 fully saturated rings. The largest absolute Gasteiger partial charge is 0.508 e. The van der Waals surface area contributed by atoms with E-state index in [9.17, 15) is 14.3 Å². The van der Waals surface area contributed by atoms with Crippen molar-refractivity contribution in [2.24, 2.45) is 0 Å². The van der Waals surface area contributed by atoms with E-state index >= 15 is 0 Å². The van der Waals surface area contributed by atoms with Gasteiger partial charge in [0.15, 0.2) is 5.78 Å². The Morgan fingerprint density at radius 1 is 1.47 bits per heavy atom. The van der Waals surface area contributed by atoms with E-state index in [2.05, 4.69) is 0 Å². The standard InChI is InChI=1S/C14H12FO2.H2/c1-8-6-10(11(15)7-12(8)16)14(4-5-14)13(17)9-2-3-9;/h2-3,6-7,16H,4-5H2,1H3;1H. The minimum Gasteiger partial charge on any atom is -0.508 e. The van der Waals surface area contributed by atoms with Gasteiger partial charge in [0, 0.05) is 25.1 Å². The smallest absolute Gasteiger partial charge is 0.169 e. The molecule has 0 bridgehead atoms. The molecule has 2 nitrogen and oxygen atoms in total. The van der Waals surface area contributed by atoms with Crippen LogP contribution in [0, 0.1) is 19.2 Å². The first-order chi connectivity index (χ1) is 8.04. The topological polar surface area (TPSA) is 37.3 Å². The molecular formula is C14H14FO2. The number of phenols is 1. The van der Waals surface area contributed by atoms with Crippen molar-refractivity contribution in [2.75, 3.05) is 0 Å². The second kappa shape index (κ2) is 3.19. The van der Waals surface area contributed by atoms with Crippen molar-refractivity contribution in [2.45, 2.75) is 25.2 Å². The van der Waals surface area contributed by atoms with Crippen LogP contribution in [0.1, 0.15) is 25.4 Å². The molecule has 0 aromatic heterocycles. The molecule has 3 heteroatoms. The maximum atomic E-state index is 13.9. The highest BCUT2D eigenvalue weighted by molar-refractivity contribution is 6.11. The van der Waals surface area contributed by atoms with Crippen LogP contribution in [0.4, 0.5) is 4.39 Å². The van der Waals surface area contributed by atoms with E-state index in [0.717, 1.165) is 6.07 Å². The van der Waals surface area contributed by atoms with Crippen LogP contribution in [0.5, 0.6) is 5.75 Å². The maximum absolute atomic E-state index is 13.9. The molecule has 1 N–H and O–H groups in total. The number of phenolic OH excluding ortho intramolecular Hbond substituents is 1. The van der Waals surface area contributed by atoms with Crippen molar-refractivity contribution >= 4 is 5.78 Å². The molecule has 0 aliphatic heterocycles. The van der Waals surface area contributed by atoms with E-state index in [0.29, 0.717) is 29.5 Å². The number of aryl methyl sites for hydroxylation is 1. The van der Waals surface area contributed by atoms with E-state index < -0.39 is 11.2 Å². The zero-order valence-electron chi connectivity index (χ0n) is 9.46. The molecule has 1 radical (unpaired) electrons. The first-order valence-corrected chi connectivity index (χ1v) is 5.64. The molecule has 3 rings (SSSR count). The van der Waals surface area contributed by atoms with Gasteiger partial charge >= 0.3 is 0 Å². The van der Waals surface area contributed by atoms with Gasteiger partial charge in [-0.3, -0.25) is 4.79 Å². The molecule has 1 aromatic carbocycles. The Kier molecular flexibility index (Phi) is 1.97. The summed E-state index contributed by atoms with van der Waals surface area (Å²) in [4.78, 5) is 12.1. The van der Waals surface area contributed by atoms with Crippen LogP contribution in [-0.4, -0.2) is 10.9 Å². The Morgan fingerprint density at radius 3 is 2.65 bits per heavy atom. The lowest BCUT2D eigenvalue weighted by Gasteiger charge is -2.15. The molecule has 0 saturated heterocycles. The predicted octanol–water partition coefficient (Wildman–Crippen LogP) is 2.83. The first-order valence-electron chi connectivity index (χ1n) is 5.64. The molecule has 2 aliphatic carbocycles. The Morgan fingerprint density at radius 2 is 2.12 bits per heavy atom. The van der Waals surface area contributed by atoms with E-state index in [-0.39, 0.29) is 13.0 Å². The molecule has 0 spiro atoms. The van der Waals surface area contributed by atoms with Crippen molar-refractivity contribution in [3.05, 3.63) is 47.1 Å². The fourth-order valence-electron chi connectivity index (χ4n) is 2.25. The SMILES string of the molecule is Cc1cc(C2(C(=O)C3=C[CH]3)CC2)c(F)cc1O.[HH]. The molecule has 2 aliphatic rings. The van der Waals surface area contributed by atoms with Crippen LogP contribution in [0.25, 0.3) is 0 Å². The van der Waals surface area contributed by atoms with Crippen molar-refractivity contribution in [3.8, 4) is 5.75 Å². The molecule has 0 heterocycles. The number of rotatable bonds is 3. The fraction of sp³-hybridized carbons (Fsp3) is 0.286. The van der Waals surface area contributed by atoms with Gasteiger partial charge in [-0.15, -0.1) is 0 Å². The maximum Gasteiger partial charge on any atom is 0.169 e. The number of carbonyl (C=O) groups is 1. The Balaban J connectivity index is 0.00000120. The van der Waals surface area contributed by atoms with E-state index in [1.807, 2.05) is 0 Å². The highest BCUT2D eigenvalue weighted by atomic mass is 19.1. The predicted molar refractivity (Wildman–Crippen MR) is 63.2 cm³/mol. The van der Waals surface area contributed by atoms with Gasteiger partial charge in [-0.1, -0.05) is 6.08 Å². The highest BCUT2D eigenvalue weighted by Crippen LogP contribution is 2.53. The molecule has 0 amide bonds. The first kappa shape index (κ1) is 10.5. The van der Waals surface area contributed by atoms with Crippen LogP contribution in [-0.2, 0) is 10.2 Å². The third-order valence-corrected chi connectivity index (χ3v) is 3.58. The number of aromatic hydroxyl groups is 1. The van der Waals surface area contributed by atoms with Gasteiger partial charge in [-0.2, -0.15) is 0 Å². The van der Waals surface area contributed by atoms with Crippen molar-refractivity contribution in [1.82, 2.24) is 0 Å². The zero-order chi connectivity index (χ0) is 12.2. The van der Waals surface area contributed by atoms with Crippen molar-refractivity contribution in [1.29, 1.82) is 0 Å². The number of benzene rings is 1. The van der Waals surface area contributed by atoms with Crippen LogP contribution >= 0.6 is 0 Å².